The number of hydrogen-bond donors (Lipinski definition) is 1. The van der Waals surface area contributed by atoms with Crippen LogP contribution in [0.2, 0.25) is 0 Å². The van der Waals surface area contributed by atoms with Crippen molar-refractivity contribution in [1.82, 2.24) is 9.80 Å². The zero-order chi connectivity index (χ0) is 14.5. The van der Waals surface area contributed by atoms with Gasteiger partial charge in [-0.3, -0.25) is 9.69 Å². The maximum absolute atomic E-state index is 12.6. The Morgan fingerprint density at radius 1 is 1.25 bits per heavy atom. The topological polar surface area (TPSA) is 49.6 Å². The van der Waals surface area contributed by atoms with E-state index in [1.165, 1.54) is 25.7 Å². The van der Waals surface area contributed by atoms with Crippen molar-refractivity contribution in [3.8, 4) is 0 Å². The quantitative estimate of drug-likeness (QED) is 0.853. The lowest BCUT2D eigenvalue weighted by Gasteiger charge is -2.39. The molecule has 0 aromatic heterocycles. The fourth-order valence-electron chi connectivity index (χ4n) is 3.71. The Hall–Kier alpha value is -0.610. The van der Waals surface area contributed by atoms with Gasteiger partial charge in [0.1, 0.15) is 0 Å². The molecule has 0 aliphatic carbocycles. The highest BCUT2D eigenvalue weighted by Gasteiger charge is 2.30. The van der Waals surface area contributed by atoms with E-state index in [0.717, 1.165) is 32.6 Å². The van der Waals surface area contributed by atoms with Crippen LogP contribution in [0.15, 0.2) is 0 Å². The van der Waals surface area contributed by atoms with Crippen molar-refractivity contribution in [1.29, 1.82) is 0 Å². The summed E-state index contributed by atoms with van der Waals surface area (Å²) in [6, 6.07) is 0.477. The minimum absolute atomic E-state index is 0.335. The van der Waals surface area contributed by atoms with Gasteiger partial charge in [0.25, 0.3) is 0 Å². The lowest BCUT2D eigenvalue weighted by molar-refractivity contribution is -0.136. The third kappa shape index (κ3) is 3.73. The number of carbonyl (C=O) groups excluding carboxylic acids is 1. The molecule has 2 rings (SSSR count). The van der Waals surface area contributed by atoms with Gasteiger partial charge in [-0.15, -0.1) is 0 Å². The highest BCUT2D eigenvalue weighted by Crippen LogP contribution is 2.23. The zero-order valence-electron chi connectivity index (χ0n) is 13.2. The predicted octanol–water partition coefficient (Wildman–Crippen LogP) is 1.69. The number of amides is 1. The van der Waals surface area contributed by atoms with Crippen LogP contribution in [-0.2, 0) is 4.79 Å². The smallest absolute Gasteiger partial charge is 0.236 e. The monoisotopic (exact) mass is 281 g/mol. The second kappa shape index (κ2) is 7.41. The summed E-state index contributed by atoms with van der Waals surface area (Å²) in [6.45, 7) is 8.83. The average molecular weight is 281 g/mol. The van der Waals surface area contributed by atoms with E-state index >= 15 is 0 Å². The first-order valence-corrected chi connectivity index (χ1v) is 8.37. The van der Waals surface area contributed by atoms with Crippen LogP contribution in [0, 0.1) is 11.8 Å². The van der Waals surface area contributed by atoms with E-state index in [1.54, 1.807) is 0 Å². The Bertz CT molecular complexity index is 321. The first-order chi connectivity index (χ1) is 9.65. The maximum Gasteiger partial charge on any atom is 0.236 e. The number of nitrogens with zero attached hydrogens (tertiary/aromatic N) is 2. The Morgan fingerprint density at radius 2 is 2.05 bits per heavy atom. The molecule has 4 heteroatoms. The minimum atomic E-state index is 0.335. The van der Waals surface area contributed by atoms with Crippen molar-refractivity contribution < 1.29 is 4.79 Å². The SMILES string of the molecule is CCC1CCCCN1C(=O)CN1CCC(C)C(CN)C1. The fourth-order valence-corrected chi connectivity index (χ4v) is 3.71. The minimum Gasteiger partial charge on any atom is -0.339 e. The van der Waals surface area contributed by atoms with Crippen molar-refractivity contribution in [3.05, 3.63) is 0 Å². The number of hydrogen-bond acceptors (Lipinski definition) is 3. The molecule has 0 aromatic rings. The molecule has 2 fully saturated rings. The van der Waals surface area contributed by atoms with Gasteiger partial charge in [0.05, 0.1) is 6.54 Å². The largest absolute Gasteiger partial charge is 0.339 e. The van der Waals surface area contributed by atoms with Crippen LogP contribution in [0.1, 0.15) is 46.0 Å². The highest BCUT2D eigenvalue weighted by atomic mass is 16.2. The number of piperidine rings is 2. The van der Waals surface area contributed by atoms with Crippen LogP contribution in [0.4, 0.5) is 0 Å². The fraction of sp³-hybridized carbons (Fsp3) is 0.938. The summed E-state index contributed by atoms with van der Waals surface area (Å²) >= 11 is 0. The van der Waals surface area contributed by atoms with Gasteiger partial charge in [0.2, 0.25) is 5.91 Å². The number of likely N-dealkylation sites (tertiary alicyclic amines) is 2. The van der Waals surface area contributed by atoms with E-state index in [9.17, 15) is 4.79 Å². The van der Waals surface area contributed by atoms with E-state index in [-0.39, 0.29) is 0 Å². The Morgan fingerprint density at radius 3 is 2.75 bits per heavy atom. The predicted molar refractivity (Wildman–Crippen MR) is 82.4 cm³/mol. The van der Waals surface area contributed by atoms with Crippen LogP contribution < -0.4 is 5.73 Å². The van der Waals surface area contributed by atoms with Crippen LogP contribution in [0.3, 0.4) is 0 Å². The molecule has 0 saturated carbocycles. The number of nitrogens with two attached hydrogens (primary N) is 1. The third-order valence-electron chi connectivity index (χ3n) is 5.28. The zero-order valence-corrected chi connectivity index (χ0v) is 13.2. The molecule has 116 valence electrons. The molecule has 0 bridgehead atoms. The molecule has 2 saturated heterocycles. The van der Waals surface area contributed by atoms with Gasteiger partial charge >= 0.3 is 0 Å². The molecular formula is C16H31N3O. The van der Waals surface area contributed by atoms with Crippen LogP contribution >= 0.6 is 0 Å². The van der Waals surface area contributed by atoms with Gasteiger partial charge in [-0.05, 0) is 57.0 Å². The van der Waals surface area contributed by atoms with Gasteiger partial charge in [0.15, 0.2) is 0 Å². The second-order valence-corrected chi connectivity index (χ2v) is 6.64. The summed E-state index contributed by atoms with van der Waals surface area (Å²) < 4.78 is 0. The van der Waals surface area contributed by atoms with Crippen molar-refractivity contribution in [2.24, 2.45) is 17.6 Å². The van der Waals surface area contributed by atoms with Crippen molar-refractivity contribution >= 4 is 5.91 Å². The third-order valence-corrected chi connectivity index (χ3v) is 5.28. The molecule has 1 amide bonds. The van der Waals surface area contributed by atoms with Crippen molar-refractivity contribution in [3.63, 3.8) is 0 Å². The Kier molecular flexibility index (Phi) is 5.85. The summed E-state index contributed by atoms with van der Waals surface area (Å²) in [5, 5.41) is 0. The standard InChI is InChI=1S/C16H31N3O/c1-3-15-6-4-5-8-19(15)16(20)12-18-9-7-13(2)14(10-17)11-18/h13-15H,3-12,17H2,1-2H3. The van der Waals surface area contributed by atoms with Gasteiger partial charge in [0, 0.05) is 19.1 Å². The first kappa shape index (κ1) is 15.8. The normalized spacial score (nSPS) is 32.4. The highest BCUT2D eigenvalue weighted by molar-refractivity contribution is 5.78. The van der Waals surface area contributed by atoms with Crippen molar-refractivity contribution in [2.45, 2.75) is 52.0 Å². The molecule has 0 radical (unpaired) electrons. The lowest BCUT2D eigenvalue weighted by atomic mass is 9.87. The summed E-state index contributed by atoms with van der Waals surface area (Å²) in [7, 11) is 0. The number of carbonyl (C=O) groups is 1. The summed E-state index contributed by atoms with van der Waals surface area (Å²) in [6.07, 6.45) is 5.90. The van der Waals surface area contributed by atoms with E-state index in [1.807, 2.05) is 0 Å². The first-order valence-electron chi connectivity index (χ1n) is 8.37. The van der Waals surface area contributed by atoms with Crippen LogP contribution in [0.5, 0.6) is 0 Å². The summed E-state index contributed by atoms with van der Waals surface area (Å²) in [4.78, 5) is 17.0. The summed E-state index contributed by atoms with van der Waals surface area (Å²) in [5.41, 5.74) is 5.85. The molecule has 3 unspecified atom stereocenters. The van der Waals surface area contributed by atoms with Gasteiger partial charge in [-0.1, -0.05) is 13.8 Å². The molecule has 2 N–H and O–H groups in total. The molecule has 2 aliphatic heterocycles. The van der Waals surface area contributed by atoms with Gasteiger partial charge < -0.3 is 10.6 Å². The van der Waals surface area contributed by atoms with E-state index in [2.05, 4.69) is 23.6 Å². The van der Waals surface area contributed by atoms with Crippen LogP contribution in [-0.4, -0.2) is 54.5 Å². The lowest BCUT2D eigenvalue weighted by Crippen LogP contribution is -2.51. The average Bonchev–Trinajstić information content (AvgIpc) is 2.49. The summed E-state index contributed by atoms with van der Waals surface area (Å²) in [5.74, 6) is 1.59. The Balaban J connectivity index is 1.87. The van der Waals surface area contributed by atoms with Crippen LogP contribution in [0.25, 0.3) is 0 Å². The Labute approximate surface area is 123 Å². The number of rotatable bonds is 4. The second-order valence-electron chi connectivity index (χ2n) is 6.64. The van der Waals surface area contributed by atoms with Gasteiger partial charge in [-0.25, -0.2) is 0 Å². The molecule has 20 heavy (non-hydrogen) atoms. The molecule has 2 heterocycles. The molecule has 0 spiro atoms. The molecular weight excluding hydrogens is 250 g/mol. The maximum atomic E-state index is 12.6. The molecule has 4 nitrogen and oxygen atoms in total. The van der Waals surface area contributed by atoms with E-state index in [0.29, 0.717) is 30.3 Å². The molecule has 0 aromatic carbocycles. The van der Waals surface area contributed by atoms with Crippen molar-refractivity contribution in [2.75, 3.05) is 32.7 Å². The molecule has 3 atom stereocenters. The molecule has 2 aliphatic rings. The van der Waals surface area contributed by atoms with E-state index < -0.39 is 0 Å². The van der Waals surface area contributed by atoms with E-state index in [4.69, 9.17) is 5.73 Å². The van der Waals surface area contributed by atoms with Gasteiger partial charge in [-0.2, -0.15) is 0 Å².